The minimum Gasteiger partial charge on any atom is -0.462 e. The van der Waals surface area contributed by atoms with Gasteiger partial charge in [0.2, 0.25) is 0 Å². The highest BCUT2D eigenvalue weighted by Crippen LogP contribution is 2.63. The van der Waals surface area contributed by atoms with Gasteiger partial charge in [0.1, 0.15) is 17.8 Å². The lowest BCUT2D eigenvalue weighted by Crippen LogP contribution is -2.63. The molecular formula is C34H46O6. The van der Waals surface area contributed by atoms with Gasteiger partial charge in [-0.1, -0.05) is 69.3 Å². The van der Waals surface area contributed by atoms with Crippen LogP contribution >= 0.6 is 0 Å². The Kier molecular flexibility index (Phi) is 7.82. The van der Waals surface area contributed by atoms with Crippen LogP contribution in [-0.4, -0.2) is 46.1 Å². The first-order chi connectivity index (χ1) is 18.9. The number of aliphatic hydroxyl groups is 2. The molecule has 1 aliphatic heterocycles. The summed E-state index contributed by atoms with van der Waals surface area (Å²) in [5.41, 5.74) is 1.17. The molecule has 10 atom stereocenters. The van der Waals surface area contributed by atoms with E-state index in [9.17, 15) is 19.8 Å². The summed E-state index contributed by atoms with van der Waals surface area (Å²) >= 11 is 0. The third-order valence-corrected chi connectivity index (χ3v) is 11.0. The molecule has 0 amide bonds. The highest BCUT2D eigenvalue weighted by molar-refractivity contribution is 5.78. The third-order valence-electron chi connectivity index (χ3n) is 11.0. The highest BCUT2D eigenvalue weighted by atomic mass is 16.6. The normalized spacial score (nSPS) is 41.1. The van der Waals surface area contributed by atoms with Crippen LogP contribution in [0.5, 0.6) is 0 Å². The molecule has 2 saturated carbocycles. The van der Waals surface area contributed by atoms with E-state index in [0.717, 1.165) is 24.8 Å². The number of hydrogen-bond donors (Lipinski definition) is 2. The van der Waals surface area contributed by atoms with Crippen molar-refractivity contribution in [3.8, 4) is 0 Å². The molecule has 218 valence electrons. The molecule has 0 radical (unpaired) electrons. The van der Waals surface area contributed by atoms with Crippen LogP contribution in [0.4, 0.5) is 0 Å². The molecule has 1 aromatic carbocycles. The molecule has 6 heteroatoms. The number of aryl methyl sites for hydroxylation is 1. The van der Waals surface area contributed by atoms with Crippen molar-refractivity contribution in [2.75, 3.05) is 0 Å². The summed E-state index contributed by atoms with van der Waals surface area (Å²) in [4.78, 5) is 25.6. The number of carbonyl (C=O) groups excluding carboxylic acids is 2. The van der Waals surface area contributed by atoms with E-state index in [2.05, 4.69) is 40.3 Å². The lowest BCUT2D eigenvalue weighted by atomic mass is 9.53. The van der Waals surface area contributed by atoms with Gasteiger partial charge in [0.25, 0.3) is 0 Å². The quantitative estimate of drug-likeness (QED) is 0.376. The van der Waals surface area contributed by atoms with Gasteiger partial charge in [0.15, 0.2) is 6.10 Å². The summed E-state index contributed by atoms with van der Waals surface area (Å²) in [6.07, 6.45) is 3.85. The summed E-state index contributed by atoms with van der Waals surface area (Å²) in [6.45, 7) is 15.1. The van der Waals surface area contributed by atoms with E-state index < -0.39 is 29.7 Å². The van der Waals surface area contributed by atoms with Gasteiger partial charge in [-0.2, -0.15) is 0 Å². The Morgan fingerprint density at radius 2 is 1.88 bits per heavy atom. The largest absolute Gasteiger partial charge is 0.462 e. The first-order valence-corrected chi connectivity index (χ1v) is 15.1. The molecule has 1 saturated heterocycles. The zero-order chi connectivity index (χ0) is 29.0. The van der Waals surface area contributed by atoms with Gasteiger partial charge >= 0.3 is 11.9 Å². The molecule has 2 N–H and O–H groups in total. The number of fused-ring (bicyclic) bond motifs is 3. The molecule has 6 nitrogen and oxygen atoms in total. The van der Waals surface area contributed by atoms with Crippen LogP contribution in [0.25, 0.3) is 0 Å². The average Bonchev–Trinajstić information content (AvgIpc) is 3.20. The lowest BCUT2D eigenvalue weighted by Gasteiger charge is -2.54. The van der Waals surface area contributed by atoms with Crippen LogP contribution in [0.3, 0.4) is 0 Å². The second kappa shape index (κ2) is 10.8. The zero-order valence-electron chi connectivity index (χ0n) is 24.6. The Hall–Kier alpha value is -2.44. The molecule has 3 fully saturated rings. The van der Waals surface area contributed by atoms with Gasteiger partial charge in [0, 0.05) is 18.3 Å². The van der Waals surface area contributed by atoms with Crippen molar-refractivity contribution in [1.82, 2.24) is 0 Å². The summed E-state index contributed by atoms with van der Waals surface area (Å²) in [5, 5.41) is 23.0. The SMILES string of the molecule is C=C1C2CC3C(C(C)C)C(OC(=O)CCc4ccccc4)CC3(C)CC2C(C)=CCC2C(C)OC(=O)C(O)C12O. The molecule has 1 heterocycles. The zero-order valence-corrected chi connectivity index (χ0v) is 24.6. The monoisotopic (exact) mass is 550 g/mol. The number of ether oxygens (including phenoxy) is 2. The topological polar surface area (TPSA) is 93.1 Å². The van der Waals surface area contributed by atoms with Gasteiger partial charge in [-0.25, -0.2) is 4.79 Å². The second-order valence-electron chi connectivity index (χ2n) is 13.6. The maximum Gasteiger partial charge on any atom is 0.338 e. The summed E-state index contributed by atoms with van der Waals surface area (Å²) < 4.78 is 11.7. The molecule has 5 rings (SSSR count). The Morgan fingerprint density at radius 1 is 1.18 bits per heavy atom. The molecule has 0 aromatic heterocycles. The van der Waals surface area contributed by atoms with Crippen LogP contribution in [-0.2, 0) is 25.5 Å². The molecule has 0 bridgehead atoms. The number of hydrogen-bond acceptors (Lipinski definition) is 6. The summed E-state index contributed by atoms with van der Waals surface area (Å²) in [6, 6.07) is 10.0. The number of allylic oxidation sites excluding steroid dienone is 2. The Balaban J connectivity index is 1.41. The Labute approximate surface area is 238 Å². The van der Waals surface area contributed by atoms with Crippen molar-refractivity contribution in [3.63, 3.8) is 0 Å². The van der Waals surface area contributed by atoms with E-state index in [4.69, 9.17) is 9.47 Å². The second-order valence-corrected chi connectivity index (χ2v) is 13.6. The van der Waals surface area contributed by atoms with Gasteiger partial charge in [-0.15, -0.1) is 0 Å². The van der Waals surface area contributed by atoms with Crippen LogP contribution in [0.1, 0.15) is 72.3 Å². The Morgan fingerprint density at radius 3 is 2.55 bits per heavy atom. The Bertz CT molecular complexity index is 1170. The first-order valence-electron chi connectivity index (χ1n) is 15.1. The fraction of sp³-hybridized carbons (Fsp3) is 0.647. The molecule has 0 spiro atoms. The van der Waals surface area contributed by atoms with Crippen LogP contribution < -0.4 is 0 Å². The van der Waals surface area contributed by atoms with Crippen molar-refractivity contribution in [1.29, 1.82) is 0 Å². The maximum absolute atomic E-state index is 13.0. The summed E-state index contributed by atoms with van der Waals surface area (Å²) in [7, 11) is 0. The molecule has 1 aromatic rings. The van der Waals surface area contributed by atoms with E-state index in [-0.39, 0.29) is 41.2 Å². The number of cyclic esters (lactones) is 1. The van der Waals surface area contributed by atoms with Crippen LogP contribution in [0, 0.1) is 40.9 Å². The van der Waals surface area contributed by atoms with E-state index in [1.54, 1.807) is 6.92 Å². The fourth-order valence-corrected chi connectivity index (χ4v) is 8.84. The predicted octanol–water partition coefficient (Wildman–Crippen LogP) is 5.42. The van der Waals surface area contributed by atoms with Crippen molar-refractivity contribution < 1.29 is 29.3 Å². The average molecular weight is 551 g/mol. The van der Waals surface area contributed by atoms with Crippen molar-refractivity contribution in [3.05, 3.63) is 59.7 Å². The molecule has 4 aliphatic rings. The van der Waals surface area contributed by atoms with Crippen molar-refractivity contribution in [2.45, 2.75) is 97.1 Å². The van der Waals surface area contributed by atoms with Crippen LogP contribution in [0.2, 0.25) is 0 Å². The van der Waals surface area contributed by atoms with Gasteiger partial charge in [-0.05, 0) is 86.2 Å². The van der Waals surface area contributed by atoms with Crippen molar-refractivity contribution >= 4 is 11.9 Å². The summed E-state index contributed by atoms with van der Waals surface area (Å²) in [5.74, 6) is -0.600. The molecule has 10 unspecified atom stereocenters. The first kappa shape index (κ1) is 29.1. The third kappa shape index (κ3) is 4.85. The molecule has 3 aliphatic carbocycles. The predicted molar refractivity (Wildman–Crippen MR) is 153 cm³/mol. The van der Waals surface area contributed by atoms with E-state index in [1.807, 2.05) is 30.3 Å². The number of carbonyl (C=O) groups is 2. The standard InChI is InChI=1S/C34H46O6/c1-19(2)30-27-16-24-21(4)34(38)26(22(5)39-32(37)31(34)36)14-12-20(3)25(24)17-33(27,6)18-28(30)40-29(35)15-13-23-10-8-7-9-11-23/h7-12,19,22,24-28,30-31,36,38H,4,13-18H2,1-3,5-6H3. The van der Waals surface area contributed by atoms with Crippen molar-refractivity contribution in [2.24, 2.45) is 40.9 Å². The lowest BCUT2D eigenvalue weighted by molar-refractivity contribution is -0.209. The van der Waals surface area contributed by atoms with Gasteiger partial charge < -0.3 is 19.7 Å². The minimum atomic E-state index is -1.74. The van der Waals surface area contributed by atoms with E-state index in [0.29, 0.717) is 30.8 Å². The fourth-order valence-electron chi connectivity index (χ4n) is 8.84. The number of esters is 2. The number of aliphatic hydroxyl groups excluding tert-OH is 1. The van der Waals surface area contributed by atoms with Gasteiger partial charge in [-0.3, -0.25) is 4.79 Å². The molecular weight excluding hydrogens is 504 g/mol. The maximum atomic E-state index is 13.0. The van der Waals surface area contributed by atoms with E-state index in [1.165, 1.54) is 5.57 Å². The van der Waals surface area contributed by atoms with E-state index >= 15 is 0 Å². The van der Waals surface area contributed by atoms with Crippen LogP contribution in [0.15, 0.2) is 54.1 Å². The minimum absolute atomic E-state index is 0.0333. The smallest absolute Gasteiger partial charge is 0.338 e. The number of benzene rings is 1. The molecule has 40 heavy (non-hydrogen) atoms. The number of rotatable bonds is 5. The van der Waals surface area contributed by atoms with Gasteiger partial charge in [0.05, 0.1) is 0 Å². The highest BCUT2D eigenvalue weighted by Gasteiger charge is 2.62.